The molecule has 1 aliphatic rings. The van der Waals surface area contributed by atoms with E-state index in [1.807, 2.05) is 0 Å². The van der Waals surface area contributed by atoms with Crippen LogP contribution in [0.15, 0.2) is 0 Å². The van der Waals surface area contributed by atoms with Gasteiger partial charge in [-0.3, -0.25) is 0 Å². The topological polar surface area (TPSA) is 0 Å². The van der Waals surface area contributed by atoms with Crippen LogP contribution in [0.25, 0.3) is 0 Å². The molecule has 0 bridgehead atoms. The molecule has 1 rings (SSSR count). The molecule has 0 aromatic rings. The first-order chi connectivity index (χ1) is 6.02. The van der Waals surface area contributed by atoms with Crippen molar-refractivity contribution >= 4 is 25.1 Å². The van der Waals surface area contributed by atoms with Crippen LogP contribution in [0.4, 0.5) is 0 Å². The van der Waals surface area contributed by atoms with E-state index in [1.54, 1.807) is 0 Å². The Kier molecular flexibility index (Phi) is 8.93. The Labute approximate surface area is 102 Å². The molecule has 0 saturated heterocycles. The molecule has 1 aliphatic carbocycles. The summed E-state index contributed by atoms with van der Waals surface area (Å²) >= 11 is -0.826. The summed E-state index contributed by atoms with van der Waals surface area (Å²) in [5.41, 5.74) is 0.918. The molecule has 0 atom stereocenters. The summed E-state index contributed by atoms with van der Waals surface area (Å²) in [6.07, 6.45) is 7.13. The Morgan fingerprint density at radius 3 is 1.77 bits per heavy atom. The Hall–Kier alpha value is 1.68. The van der Waals surface area contributed by atoms with Crippen molar-refractivity contribution < 1.29 is 20.8 Å². The van der Waals surface area contributed by atoms with E-state index in [0.29, 0.717) is 0 Å². The third-order valence-electron chi connectivity index (χ3n) is 2.59. The Balaban J connectivity index is 0.000000424. The number of halogens is 2. The minimum absolute atomic E-state index is 0.826. The van der Waals surface area contributed by atoms with Gasteiger partial charge in [0.05, 0.1) is 0 Å². The molecule has 0 N–H and O–H groups in total. The van der Waals surface area contributed by atoms with Crippen LogP contribution in [-0.4, -0.2) is 8.07 Å². The molecule has 0 aromatic carbocycles. The van der Waals surface area contributed by atoms with E-state index in [9.17, 15) is 0 Å². The molecule has 0 unspecified atom stereocenters. The van der Waals surface area contributed by atoms with Crippen LogP contribution < -0.4 is 0 Å². The van der Waals surface area contributed by atoms with Crippen molar-refractivity contribution in [2.24, 2.45) is 0 Å². The van der Waals surface area contributed by atoms with E-state index in [0.717, 1.165) is 5.54 Å². The molecule has 13 heavy (non-hydrogen) atoms. The Morgan fingerprint density at radius 1 is 1.15 bits per heavy atom. The van der Waals surface area contributed by atoms with Gasteiger partial charge in [-0.2, -0.15) is 0 Å². The van der Waals surface area contributed by atoms with Crippen LogP contribution in [0.5, 0.6) is 0 Å². The van der Waals surface area contributed by atoms with Crippen molar-refractivity contribution in [3.8, 4) is 0 Å². The van der Waals surface area contributed by atoms with Crippen LogP contribution in [-0.2, 0) is 20.8 Å². The SMILES string of the molecule is [CH2-][Si]([CH2-])(C)C1CCCCC1.[Cl][Zr+2][Cl]. The second-order valence-electron chi connectivity index (χ2n) is 4.06. The first-order valence-electron chi connectivity index (χ1n) is 4.69. The van der Waals surface area contributed by atoms with Crippen molar-refractivity contribution in [2.75, 3.05) is 0 Å². The zero-order chi connectivity index (χ0) is 10.3. The van der Waals surface area contributed by atoms with Crippen molar-refractivity contribution in [1.29, 1.82) is 0 Å². The van der Waals surface area contributed by atoms with Gasteiger partial charge in [0.2, 0.25) is 0 Å². The van der Waals surface area contributed by atoms with E-state index in [-0.39, 0.29) is 0 Å². The van der Waals surface area contributed by atoms with Gasteiger partial charge in [0.1, 0.15) is 0 Å². The van der Waals surface area contributed by atoms with Crippen molar-refractivity contribution in [2.45, 2.75) is 44.2 Å². The molecule has 0 heterocycles. The quantitative estimate of drug-likeness (QED) is 0.493. The molecule has 76 valence electrons. The van der Waals surface area contributed by atoms with Crippen LogP contribution in [0.2, 0.25) is 12.1 Å². The van der Waals surface area contributed by atoms with E-state index in [4.69, 9.17) is 17.0 Å². The maximum atomic E-state index is 4.93. The maximum absolute atomic E-state index is 4.93. The van der Waals surface area contributed by atoms with E-state index >= 15 is 0 Å². The van der Waals surface area contributed by atoms with Crippen LogP contribution in [0.3, 0.4) is 0 Å². The molecular weight excluding hydrogens is 298 g/mol. The van der Waals surface area contributed by atoms with Gasteiger partial charge in [-0.05, 0) is 0 Å². The summed E-state index contributed by atoms with van der Waals surface area (Å²) in [6, 6.07) is 0. The second-order valence-corrected chi connectivity index (χ2v) is 11.9. The van der Waals surface area contributed by atoms with E-state index in [2.05, 4.69) is 19.6 Å². The molecular formula is C9H18Cl2SiZr. The summed E-state index contributed by atoms with van der Waals surface area (Å²) < 4.78 is 0. The van der Waals surface area contributed by atoms with Gasteiger partial charge in [-0.15, -0.1) is 6.55 Å². The van der Waals surface area contributed by atoms with E-state index < -0.39 is 28.9 Å². The van der Waals surface area contributed by atoms with Crippen LogP contribution in [0, 0.1) is 13.1 Å². The van der Waals surface area contributed by atoms with Crippen molar-refractivity contribution in [3.63, 3.8) is 0 Å². The molecule has 0 aromatic heterocycles. The molecule has 4 heteroatoms. The molecule has 0 radical (unpaired) electrons. The monoisotopic (exact) mass is 314 g/mol. The summed E-state index contributed by atoms with van der Waals surface area (Å²) in [5, 5.41) is 0. The first kappa shape index (κ1) is 14.7. The Morgan fingerprint density at radius 2 is 1.54 bits per heavy atom. The average molecular weight is 316 g/mol. The summed E-state index contributed by atoms with van der Waals surface area (Å²) in [7, 11) is 8.61. The molecule has 0 aliphatic heterocycles. The molecule has 0 amide bonds. The summed E-state index contributed by atoms with van der Waals surface area (Å²) in [5.74, 6) is 0. The average Bonchev–Trinajstić information content (AvgIpc) is 2.06. The predicted octanol–water partition coefficient (Wildman–Crippen LogP) is 4.52. The fourth-order valence-corrected chi connectivity index (χ4v) is 3.60. The molecule has 1 saturated carbocycles. The van der Waals surface area contributed by atoms with Gasteiger partial charge in [0, 0.05) is 0 Å². The molecule has 0 spiro atoms. The van der Waals surface area contributed by atoms with Gasteiger partial charge in [-0.1, -0.05) is 37.6 Å². The molecule has 0 nitrogen and oxygen atoms in total. The standard InChI is InChI=1S/C9H18Si.2ClH.Zr/c1-10(2,3)9-7-5-4-6-8-9;;;/h9H,1-2,4-8H2,3H3;2*1H;/q-2;;;+4/p-2. The minimum atomic E-state index is -1.26. The van der Waals surface area contributed by atoms with Gasteiger partial charge in [-0.25, -0.2) is 8.07 Å². The zero-order valence-corrected chi connectivity index (χ0v) is 13.3. The fraction of sp³-hybridized carbons (Fsp3) is 0.778. The third-order valence-corrected chi connectivity index (χ3v) is 5.14. The third kappa shape index (κ3) is 7.59. The van der Waals surface area contributed by atoms with Crippen molar-refractivity contribution in [3.05, 3.63) is 13.1 Å². The normalized spacial score (nSPS) is 18.5. The Bertz CT molecular complexity index is 119. The van der Waals surface area contributed by atoms with Gasteiger partial charge in [0.25, 0.3) is 0 Å². The summed E-state index contributed by atoms with van der Waals surface area (Å²) in [6.45, 7) is 10.7. The number of hydrogen-bond acceptors (Lipinski definition) is 0. The zero-order valence-electron chi connectivity index (χ0n) is 8.28. The van der Waals surface area contributed by atoms with Crippen molar-refractivity contribution in [1.82, 2.24) is 0 Å². The van der Waals surface area contributed by atoms with Crippen LogP contribution in [0.1, 0.15) is 32.1 Å². The van der Waals surface area contributed by atoms with Gasteiger partial charge >= 0.3 is 37.9 Å². The number of rotatable bonds is 1. The van der Waals surface area contributed by atoms with E-state index in [1.165, 1.54) is 32.1 Å². The van der Waals surface area contributed by atoms with Gasteiger partial charge in [0.15, 0.2) is 0 Å². The molecule has 1 fully saturated rings. The fourth-order valence-electron chi connectivity index (χ4n) is 1.80. The predicted molar refractivity (Wildman–Crippen MR) is 60.9 cm³/mol. The number of hydrogen-bond donors (Lipinski definition) is 0. The summed E-state index contributed by atoms with van der Waals surface area (Å²) in [4.78, 5) is 0. The second kappa shape index (κ2) is 7.91. The van der Waals surface area contributed by atoms with Crippen LogP contribution >= 0.6 is 17.0 Å². The van der Waals surface area contributed by atoms with Gasteiger partial charge < -0.3 is 13.1 Å². The first-order valence-corrected chi connectivity index (χ1v) is 14.0.